The molecule has 0 bridgehead atoms. The van der Waals surface area contributed by atoms with Crippen LogP contribution in [-0.2, 0) is 0 Å². The highest BCUT2D eigenvalue weighted by atomic mass is 16.2. The van der Waals surface area contributed by atoms with E-state index in [0.717, 1.165) is 32.1 Å². The first kappa shape index (κ1) is 29.0. The maximum Gasteiger partial charge on any atom is 0.253 e. The molecule has 3 rings (SSSR count). The highest BCUT2D eigenvalue weighted by Crippen LogP contribution is 2.17. The molecule has 3 aromatic rings. The summed E-state index contributed by atoms with van der Waals surface area (Å²) in [4.78, 5) is 37.5. The van der Waals surface area contributed by atoms with E-state index in [1.807, 2.05) is 0 Å². The van der Waals surface area contributed by atoms with Crippen LogP contribution >= 0.6 is 0 Å². The topological polar surface area (TPSA) is 165 Å². The fourth-order valence-electron chi connectivity index (χ4n) is 4.34. The smallest absolute Gasteiger partial charge is 0.253 e. The Morgan fingerprint density at radius 2 is 0.923 bits per heavy atom. The van der Waals surface area contributed by atoms with E-state index < -0.39 is 0 Å². The van der Waals surface area contributed by atoms with Gasteiger partial charge in [0.15, 0.2) is 0 Å². The van der Waals surface area contributed by atoms with Gasteiger partial charge in [0.05, 0.1) is 16.7 Å². The first-order valence-corrected chi connectivity index (χ1v) is 13.2. The lowest BCUT2D eigenvalue weighted by atomic mass is 9.96. The fraction of sp³-hybridized carbons (Fsp3) is 0.300. The molecule has 0 spiro atoms. The number of carbonyl (C=O) groups is 3. The van der Waals surface area contributed by atoms with Crippen LogP contribution in [0.4, 0.5) is 17.1 Å². The minimum absolute atomic E-state index is 0.188. The number of nitrogens with one attached hydrogen (secondary N) is 3. The van der Waals surface area contributed by atoms with Crippen LogP contribution in [0.2, 0.25) is 0 Å². The molecule has 0 saturated carbocycles. The second kappa shape index (κ2) is 15.0. The second-order valence-electron chi connectivity index (χ2n) is 9.49. The highest BCUT2D eigenvalue weighted by Gasteiger charge is 2.15. The fourth-order valence-corrected chi connectivity index (χ4v) is 4.34. The zero-order chi connectivity index (χ0) is 28.0. The first-order valence-electron chi connectivity index (χ1n) is 13.2. The molecule has 206 valence electrons. The standard InChI is InChI=1S/C30H38N6O3/c31-25-15-4-1-12-22(25)28(37)34-18-8-7-10-21(20-36-30(39)24-14-3-6-17-27(24)33)11-9-19-35-29(38)23-13-2-5-16-26(23)32/h1-6,12-17,21H,7-11,18-20,31-33H2,(H,34,37)(H,35,38)(H,36,39). The first-order chi connectivity index (χ1) is 18.9. The van der Waals surface area contributed by atoms with Crippen molar-refractivity contribution in [3.63, 3.8) is 0 Å². The van der Waals surface area contributed by atoms with E-state index >= 15 is 0 Å². The van der Waals surface area contributed by atoms with E-state index in [9.17, 15) is 14.4 Å². The highest BCUT2D eigenvalue weighted by molar-refractivity contribution is 6.00. The van der Waals surface area contributed by atoms with Gasteiger partial charge in [-0.25, -0.2) is 0 Å². The SMILES string of the molecule is Nc1ccccc1C(=O)NCCCCC(CCCNC(=O)c1ccccc1N)CNC(=O)c1ccccc1N. The molecule has 9 nitrogen and oxygen atoms in total. The van der Waals surface area contributed by atoms with Gasteiger partial charge in [-0.2, -0.15) is 0 Å². The quantitative estimate of drug-likeness (QED) is 0.138. The molecule has 1 unspecified atom stereocenters. The Kier molecular flexibility index (Phi) is 11.2. The van der Waals surface area contributed by atoms with Crippen LogP contribution in [-0.4, -0.2) is 37.4 Å². The Bertz CT molecular complexity index is 1260. The van der Waals surface area contributed by atoms with Crippen molar-refractivity contribution in [2.75, 3.05) is 36.8 Å². The van der Waals surface area contributed by atoms with Crippen LogP contribution in [0.15, 0.2) is 72.8 Å². The number of unbranched alkanes of at least 4 members (excludes halogenated alkanes) is 1. The lowest BCUT2D eigenvalue weighted by molar-refractivity contribution is 0.0938. The van der Waals surface area contributed by atoms with E-state index in [4.69, 9.17) is 17.2 Å². The molecule has 9 N–H and O–H groups in total. The van der Waals surface area contributed by atoms with Gasteiger partial charge in [0.1, 0.15) is 0 Å². The largest absolute Gasteiger partial charge is 0.398 e. The predicted molar refractivity (Wildman–Crippen MR) is 156 cm³/mol. The number of carbonyl (C=O) groups excluding carboxylic acids is 3. The third kappa shape index (κ3) is 9.07. The molecule has 0 aromatic heterocycles. The maximum absolute atomic E-state index is 12.7. The number of hydrogen-bond acceptors (Lipinski definition) is 6. The summed E-state index contributed by atoms with van der Waals surface area (Å²) in [6.07, 6.45) is 4.07. The summed E-state index contributed by atoms with van der Waals surface area (Å²) in [6.45, 7) is 1.51. The van der Waals surface area contributed by atoms with E-state index in [0.29, 0.717) is 53.4 Å². The van der Waals surface area contributed by atoms with Crippen LogP contribution in [0, 0.1) is 5.92 Å². The summed E-state index contributed by atoms with van der Waals surface area (Å²) in [5, 5.41) is 8.84. The molecule has 0 aliphatic rings. The number of hydrogen-bond donors (Lipinski definition) is 6. The minimum atomic E-state index is -0.210. The number of anilines is 3. The van der Waals surface area contributed by atoms with Crippen molar-refractivity contribution in [3.8, 4) is 0 Å². The zero-order valence-corrected chi connectivity index (χ0v) is 22.1. The second-order valence-corrected chi connectivity index (χ2v) is 9.49. The van der Waals surface area contributed by atoms with Crippen molar-refractivity contribution in [2.24, 2.45) is 5.92 Å². The molecule has 0 radical (unpaired) electrons. The monoisotopic (exact) mass is 530 g/mol. The molecule has 0 saturated heterocycles. The Labute approximate surface area is 229 Å². The van der Waals surface area contributed by atoms with Gasteiger partial charge in [-0.15, -0.1) is 0 Å². The van der Waals surface area contributed by atoms with Crippen molar-refractivity contribution in [1.82, 2.24) is 16.0 Å². The van der Waals surface area contributed by atoms with E-state index in [1.165, 1.54) is 0 Å². The molecule has 0 fully saturated rings. The number of rotatable bonds is 14. The van der Waals surface area contributed by atoms with E-state index in [2.05, 4.69) is 16.0 Å². The third-order valence-electron chi connectivity index (χ3n) is 6.57. The summed E-state index contributed by atoms with van der Waals surface area (Å²) >= 11 is 0. The Morgan fingerprint density at radius 1 is 0.538 bits per heavy atom. The lowest BCUT2D eigenvalue weighted by Crippen LogP contribution is -2.31. The van der Waals surface area contributed by atoms with Crippen molar-refractivity contribution >= 4 is 34.8 Å². The average Bonchev–Trinajstić information content (AvgIpc) is 2.93. The van der Waals surface area contributed by atoms with Gasteiger partial charge in [0.2, 0.25) is 0 Å². The zero-order valence-electron chi connectivity index (χ0n) is 22.1. The third-order valence-corrected chi connectivity index (χ3v) is 6.57. The Hall–Kier alpha value is -4.53. The Balaban J connectivity index is 1.47. The predicted octanol–water partition coefficient (Wildman–Crippen LogP) is 3.59. The summed E-state index contributed by atoms with van der Waals surface area (Å²) in [7, 11) is 0. The minimum Gasteiger partial charge on any atom is -0.398 e. The van der Waals surface area contributed by atoms with Crippen LogP contribution < -0.4 is 33.2 Å². The van der Waals surface area contributed by atoms with Gasteiger partial charge in [-0.05, 0) is 68.0 Å². The van der Waals surface area contributed by atoms with Gasteiger partial charge in [-0.3, -0.25) is 14.4 Å². The molecule has 39 heavy (non-hydrogen) atoms. The molecule has 0 heterocycles. The van der Waals surface area contributed by atoms with E-state index in [1.54, 1.807) is 72.8 Å². The van der Waals surface area contributed by atoms with Gasteiger partial charge >= 0.3 is 0 Å². The average molecular weight is 531 g/mol. The summed E-state index contributed by atoms with van der Waals surface area (Å²) in [5.74, 6) is -0.406. The molecule has 3 amide bonds. The number of benzene rings is 3. The molecule has 1 atom stereocenters. The number of nitrogen functional groups attached to an aromatic ring is 3. The van der Waals surface area contributed by atoms with Crippen LogP contribution in [0.5, 0.6) is 0 Å². The normalized spacial score (nSPS) is 11.4. The van der Waals surface area contributed by atoms with Gasteiger partial charge < -0.3 is 33.2 Å². The van der Waals surface area contributed by atoms with Gasteiger partial charge in [0.25, 0.3) is 17.7 Å². The molecule has 3 aromatic carbocycles. The van der Waals surface area contributed by atoms with Crippen molar-refractivity contribution in [1.29, 1.82) is 0 Å². The van der Waals surface area contributed by atoms with Crippen LogP contribution in [0.1, 0.15) is 63.2 Å². The molecular formula is C30H38N6O3. The van der Waals surface area contributed by atoms with E-state index in [-0.39, 0.29) is 23.6 Å². The summed E-state index contributed by atoms with van der Waals surface area (Å²) in [5.41, 5.74) is 20.4. The lowest BCUT2D eigenvalue weighted by Gasteiger charge is -2.18. The van der Waals surface area contributed by atoms with Crippen molar-refractivity contribution in [2.45, 2.75) is 32.1 Å². The number of para-hydroxylation sites is 3. The molecule has 9 heteroatoms. The molecule has 0 aliphatic heterocycles. The molecule has 0 aliphatic carbocycles. The summed E-state index contributed by atoms with van der Waals surface area (Å²) in [6, 6.07) is 20.9. The molecular weight excluding hydrogens is 492 g/mol. The maximum atomic E-state index is 12.7. The van der Waals surface area contributed by atoms with Gasteiger partial charge in [0, 0.05) is 36.7 Å². The van der Waals surface area contributed by atoms with Crippen LogP contribution in [0.25, 0.3) is 0 Å². The van der Waals surface area contributed by atoms with Gasteiger partial charge in [-0.1, -0.05) is 42.8 Å². The summed E-state index contributed by atoms with van der Waals surface area (Å²) < 4.78 is 0. The van der Waals surface area contributed by atoms with Crippen molar-refractivity contribution < 1.29 is 14.4 Å². The Morgan fingerprint density at radius 3 is 1.38 bits per heavy atom. The van der Waals surface area contributed by atoms with Crippen molar-refractivity contribution in [3.05, 3.63) is 89.5 Å². The number of amides is 3. The van der Waals surface area contributed by atoms with Crippen LogP contribution in [0.3, 0.4) is 0 Å². The number of nitrogens with two attached hydrogens (primary N) is 3.